The molecule has 3 nitrogen and oxygen atoms in total. The van der Waals surface area contributed by atoms with Crippen LogP contribution in [-0.4, -0.2) is 24.2 Å². The summed E-state index contributed by atoms with van der Waals surface area (Å²) in [4.78, 5) is 12.7. The zero-order valence-corrected chi connectivity index (χ0v) is 10.7. The molecule has 1 aromatic rings. The molecule has 1 rings (SSSR count). The summed E-state index contributed by atoms with van der Waals surface area (Å²) in [5.41, 5.74) is 0.849. The van der Waals surface area contributed by atoms with Crippen molar-refractivity contribution in [1.82, 2.24) is 0 Å². The fourth-order valence-corrected chi connectivity index (χ4v) is 1.71. The Labute approximate surface area is 107 Å². The first-order valence-corrected chi connectivity index (χ1v) is 6.01. The molecule has 0 bridgehead atoms. The van der Waals surface area contributed by atoms with Gasteiger partial charge >= 0.3 is 5.97 Å². The molecule has 4 heteroatoms. The highest BCUT2D eigenvalue weighted by Crippen LogP contribution is 2.18. The van der Waals surface area contributed by atoms with E-state index in [0.717, 1.165) is 0 Å². The lowest BCUT2D eigenvalue weighted by Crippen LogP contribution is -2.24. The SMILES string of the molecule is CCC(=CCN(CC)c1ccccc1F)C(=O)O. The Morgan fingerprint density at radius 2 is 2.06 bits per heavy atom. The van der Waals surface area contributed by atoms with Crippen LogP contribution in [0.1, 0.15) is 20.3 Å². The van der Waals surface area contributed by atoms with Crippen molar-refractivity contribution in [3.8, 4) is 0 Å². The van der Waals surface area contributed by atoms with Crippen molar-refractivity contribution in [2.24, 2.45) is 0 Å². The second kappa shape index (κ2) is 6.79. The monoisotopic (exact) mass is 251 g/mol. The van der Waals surface area contributed by atoms with Gasteiger partial charge in [-0.1, -0.05) is 25.1 Å². The molecule has 0 heterocycles. The summed E-state index contributed by atoms with van der Waals surface area (Å²) >= 11 is 0. The number of carboxylic acid groups (broad SMARTS) is 1. The molecule has 0 atom stereocenters. The molecule has 0 aromatic heterocycles. The van der Waals surface area contributed by atoms with Crippen molar-refractivity contribution in [3.63, 3.8) is 0 Å². The van der Waals surface area contributed by atoms with Gasteiger partial charge < -0.3 is 10.0 Å². The van der Waals surface area contributed by atoms with E-state index in [-0.39, 0.29) is 5.82 Å². The third-order valence-corrected chi connectivity index (χ3v) is 2.79. The average molecular weight is 251 g/mol. The van der Waals surface area contributed by atoms with E-state index in [0.29, 0.717) is 30.8 Å². The van der Waals surface area contributed by atoms with Crippen molar-refractivity contribution in [2.75, 3.05) is 18.0 Å². The Hall–Kier alpha value is -1.84. The van der Waals surface area contributed by atoms with Gasteiger partial charge in [-0.2, -0.15) is 0 Å². The lowest BCUT2D eigenvalue weighted by molar-refractivity contribution is -0.132. The van der Waals surface area contributed by atoms with Gasteiger partial charge in [0.1, 0.15) is 5.82 Å². The number of aliphatic carboxylic acids is 1. The normalized spacial score (nSPS) is 11.4. The van der Waals surface area contributed by atoms with Gasteiger partial charge in [0.2, 0.25) is 0 Å². The van der Waals surface area contributed by atoms with Crippen LogP contribution in [0.3, 0.4) is 0 Å². The van der Waals surface area contributed by atoms with Crippen molar-refractivity contribution in [3.05, 3.63) is 41.7 Å². The number of carbonyl (C=O) groups is 1. The highest BCUT2D eigenvalue weighted by atomic mass is 19.1. The molecule has 0 saturated carbocycles. The number of carboxylic acids is 1. The van der Waals surface area contributed by atoms with Gasteiger partial charge in [-0.3, -0.25) is 0 Å². The minimum Gasteiger partial charge on any atom is -0.478 e. The van der Waals surface area contributed by atoms with E-state index in [1.807, 2.05) is 6.92 Å². The molecule has 0 spiro atoms. The molecule has 0 unspecified atom stereocenters. The molecule has 98 valence electrons. The van der Waals surface area contributed by atoms with Gasteiger partial charge in [0.05, 0.1) is 5.69 Å². The maximum absolute atomic E-state index is 13.6. The number of anilines is 1. The van der Waals surface area contributed by atoms with Crippen LogP contribution in [0, 0.1) is 5.82 Å². The van der Waals surface area contributed by atoms with E-state index in [1.165, 1.54) is 6.07 Å². The number of likely N-dealkylation sites (N-methyl/N-ethyl adjacent to an activating group) is 1. The number of halogens is 1. The van der Waals surface area contributed by atoms with Crippen LogP contribution in [-0.2, 0) is 4.79 Å². The highest BCUT2D eigenvalue weighted by Gasteiger charge is 2.09. The summed E-state index contributed by atoms with van der Waals surface area (Å²) in [6.45, 7) is 4.72. The van der Waals surface area contributed by atoms with Crippen LogP contribution < -0.4 is 4.90 Å². The molecule has 18 heavy (non-hydrogen) atoms. The lowest BCUT2D eigenvalue weighted by Gasteiger charge is -2.22. The van der Waals surface area contributed by atoms with Crippen LogP contribution >= 0.6 is 0 Å². The number of rotatable bonds is 6. The fraction of sp³-hybridized carbons (Fsp3) is 0.357. The smallest absolute Gasteiger partial charge is 0.331 e. The second-order valence-electron chi connectivity index (χ2n) is 3.88. The summed E-state index contributed by atoms with van der Waals surface area (Å²) in [5, 5.41) is 8.92. The molecule has 0 aliphatic heterocycles. The van der Waals surface area contributed by atoms with Gasteiger partial charge in [-0.25, -0.2) is 9.18 Å². The predicted molar refractivity (Wildman–Crippen MR) is 70.3 cm³/mol. The largest absolute Gasteiger partial charge is 0.478 e. The second-order valence-corrected chi connectivity index (χ2v) is 3.88. The average Bonchev–Trinajstić information content (AvgIpc) is 2.36. The molecule has 0 aliphatic carbocycles. The Morgan fingerprint density at radius 3 is 2.56 bits per heavy atom. The lowest BCUT2D eigenvalue weighted by atomic mass is 10.2. The molecule has 1 N–H and O–H groups in total. The molecular formula is C14H18FNO2. The van der Waals surface area contributed by atoms with Crippen LogP contribution in [0.25, 0.3) is 0 Å². The van der Waals surface area contributed by atoms with Crippen LogP contribution in [0.5, 0.6) is 0 Å². The fourth-order valence-electron chi connectivity index (χ4n) is 1.71. The Kier molecular flexibility index (Phi) is 5.36. The zero-order chi connectivity index (χ0) is 13.5. The van der Waals surface area contributed by atoms with Crippen molar-refractivity contribution < 1.29 is 14.3 Å². The Balaban J connectivity index is 2.86. The first-order valence-electron chi connectivity index (χ1n) is 6.01. The van der Waals surface area contributed by atoms with Gasteiger partial charge in [0, 0.05) is 18.7 Å². The van der Waals surface area contributed by atoms with Gasteiger partial charge in [0.15, 0.2) is 0 Å². The van der Waals surface area contributed by atoms with Crippen molar-refractivity contribution in [1.29, 1.82) is 0 Å². The predicted octanol–water partition coefficient (Wildman–Crippen LogP) is 3.07. The molecule has 0 fully saturated rings. The third-order valence-electron chi connectivity index (χ3n) is 2.79. The maximum Gasteiger partial charge on any atom is 0.331 e. The molecule has 0 amide bonds. The van der Waals surface area contributed by atoms with Crippen LogP contribution in [0.15, 0.2) is 35.9 Å². The van der Waals surface area contributed by atoms with Crippen LogP contribution in [0.4, 0.5) is 10.1 Å². The number of hydrogen-bond acceptors (Lipinski definition) is 2. The number of nitrogens with zero attached hydrogens (tertiary/aromatic N) is 1. The van der Waals surface area contributed by atoms with Crippen LogP contribution in [0.2, 0.25) is 0 Å². The van der Waals surface area contributed by atoms with Gasteiger partial charge in [-0.15, -0.1) is 0 Å². The summed E-state index contributed by atoms with van der Waals surface area (Å²) in [6.07, 6.45) is 2.10. The number of hydrogen-bond donors (Lipinski definition) is 1. The number of para-hydroxylation sites is 1. The minimum atomic E-state index is -0.915. The first-order chi connectivity index (χ1) is 8.60. The molecular weight excluding hydrogens is 233 g/mol. The molecule has 0 radical (unpaired) electrons. The Bertz CT molecular complexity index is 443. The highest BCUT2D eigenvalue weighted by molar-refractivity contribution is 5.86. The van der Waals surface area contributed by atoms with E-state index in [1.54, 1.807) is 36.1 Å². The zero-order valence-electron chi connectivity index (χ0n) is 10.7. The van der Waals surface area contributed by atoms with Gasteiger partial charge in [0.25, 0.3) is 0 Å². The Morgan fingerprint density at radius 1 is 1.39 bits per heavy atom. The summed E-state index contributed by atoms with van der Waals surface area (Å²) in [6, 6.07) is 6.50. The minimum absolute atomic E-state index is 0.291. The van der Waals surface area contributed by atoms with E-state index >= 15 is 0 Å². The molecule has 0 saturated heterocycles. The molecule has 0 aliphatic rings. The summed E-state index contributed by atoms with van der Waals surface area (Å²) in [5.74, 6) is -1.21. The summed E-state index contributed by atoms with van der Waals surface area (Å²) in [7, 11) is 0. The third kappa shape index (κ3) is 3.58. The van der Waals surface area contributed by atoms with E-state index in [2.05, 4.69) is 0 Å². The quantitative estimate of drug-likeness (QED) is 0.790. The standard InChI is InChI=1S/C14H18FNO2/c1-3-11(14(17)18)9-10-16(4-2)13-8-6-5-7-12(13)15/h5-9H,3-4,10H2,1-2H3,(H,17,18). The first kappa shape index (κ1) is 14.2. The maximum atomic E-state index is 13.6. The van der Waals surface area contributed by atoms with E-state index < -0.39 is 5.97 Å². The van der Waals surface area contributed by atoms with Crippen molar-refractivity contribution in [2.45, 2.75) is 20.3 Å². The van der Waals surface area contributed by atoms with Crippen molar-refractivity contribution >= 4 is 11.7 Å². The van der Waals surface area contributed by atoms with E-state index in [9.17, 15) is 9.18 Å². The van der Waals surface area contributed by atoms with E-state index in [4.69, 9.17) is 5.11 Å². The topological polar surface area (TPSA) is 40.5 Å². The number of benzene rings is 1. The van der Waals surface area contributed by atoms with Gasteiger partial charge in [-0.05, 0) is 25.5 Å². The molecule has 1 aromatic carbocycles. The summed E-state index contributed by atoms with van der Waals surface area (Å²) < 4.78 is 13.6.